The van der Waals surface area contributed by atoms with E-state index in [-0.39, 0.29) is 24.3 Å². The van der Waals surface area contributed by atoms with Crippen LogP contribution in [0.4, 0.5) is 11.4 Å². The number of nitrogens with one attached hydrogen (secondary N) is 2. The van der Waals surface area contributed by atoms with E-state index in [0.29, 0.717) is 51.5 Å². The van der Waals surface area contributed by atoms with E-state index < -0.39 is 0 Å². The van der Waals surface area contributed by atoms with Crippen LogP contribution in [-0.4, -0.2) is 24.5 Å². The molecule has 0 spiro atoms. The predicted octanol–water partition coefficient (Wildman–Crippen LogP) is 5.80. The molecule has 1 heterocycles. The van der Waals surface area contributed by atoms with Crippen LogP contribution in [0.3, 0.4) is 0 Å². The molecule has 2 amide bonds. The van der Waals surface area contributed by atoms with Crippen molar-refractivity contribution >= 4 is 46.4 Å². The zero-order valence-electron chi connectivity index (χ0n) is 16.9. The minimum absolute atomic E-state index is 0.146. The number of ether oxygens (including phenoxy) is 2. The summed E-state index contributed by atoms with van der Waals surface area (Å²) in [6, 6.07) is 19.0. The van der Waals surface area contributed by atoms with Crippen LogP contribution in [0.25, 0.3) is 0 Å². The van der Waals surface area contributed by atoms with Crippen LogP contribution < -0.4 is 20.1 Å². The van der Waals surface area contributed by atoms with Crippen molar-refractivity contribution in [2.75, 3.05) is 17.2 Å². The number of halogens is 2. The van der Waals surface area contributed by atoms with Gasteiger partial charge in [0.05, 0.1) is 15.7 Å². The molecule has 0 saturated carbocycles. The summed E-state index contributed by atoms with van der Waals surface area (Å²) in [7, 11) is 0. The van der Waals surface area contributed by atoms with Crippen molar-refractivity contribution in [3.63, 3.8) is 0 Å². The van der Waals surface area contributed by atoms with Gasteiger partial charge in [0, 0.05) is 17.7 Å². The van der Waals surface area contributed by atoms with Crippen molar-refractivity contribution in [3.05, 3.63) is 82.3 Å². The lowest BCUT2D eigenvalue weighted by Gasteiger charge is -2.26. The molecule has 8 heteroatoms. The Morgan fingerprint density at radius 2 is 1.56 bits per heavy atom. The van der Waals surface area contributed by atoms with Gasteiger partial charge in [-0.2, -0.15) is 0 Å². The highest BCUT2D eigenvalue weighted by molar-refractivity contribution is 6.40. The summed E-state index contributed by atoms with van der Waals surface area (Å²) in [5.74, 6) is 0.908. The van der Waals surface area contributed by atoms with E-state index in [2.05, 4.69) is 10.6 Å². The Hall–Kier alpha value is -3.22. The molecule has 0 fully saturated rings. The van der Waals surface area contributed by atoms with Gasteiger partial charge in [-0.15, -0.1) is 0 Å². The van der Waals surface area contributed by atoms with Crippen LogP contribution in [0.2, 0.25) is 10.0 Å². The van der Waals surface area contributed by atoms with Crippen molar-refractivity contribution in [1.82, 2.24) is 0 Å². The number of hydrogen-bond donors (Lipinski definition) is 2. The molecular formula is C24H20Cl2N2O4. The molecule has 1 aliphatic rings. The minimum Gasteiger partial charge on any atom is -0.486 e. The van der Waals surface area contributed by atoms with Crippen molar-refractivity contribution in [1.29, 1.82) is 0 Å². The summed E-state index contributed by atoms with van der Waals surface area (Å²) in [5.41, 5.74) is 1.36. The van der Waals surface area contributed by atoms with E-state index >= 15 is 0 Å². The maximum atomic E-state index is 12.5. The highest BCUT2D eigenvalue weighted by Crippen LogP contribution is 2.32. The zero-order valence-corrected chi connectivity index (χ0v) is 18.5. The van der Waals surface area contributed by atoms with Gasteiger partial charge in [-0.25, -0.2) is 0 Å². The first-order valence-corrected chi connectivity index (χ1v) is 10.8. The molecule has 0 aliphatic carbocycles. The van der Waals surface area contributed by atoms with Gasteiger partial charge < -0.3 is 20.1 Å². The largest absolute Gasteiger partial charge is 0.486 e. The second-order valence-corrected chi connectivity index (χ2v) is 8.03. The fourth-order valence-corrected chi connectivity index (χ4v) is 3.72. The van der Waals surface area contributed by atoms with Gasteiger partial charge in [0.1, 0.15) is 12.7 Å². The van der Waals surface area contributed by atoms with Gasteiger partial charge in [-0.05, 0) is 55.0 Å². The fraction of sp³-hybridized carbons (Fsp3) is 0.167. The smallest absolute Gasteiger partial charge is 0.255 e. The number of anilines is 2. The number of hydrogen-bond acceptors (Lipinski definition) is 4. The minimum atomic E-state index is -0.354. The maximum absolute atomic E-state index is 12.5. The molecule has 2 N–H and O–H groups in total. The number of carbonyl (C=O) groups excluding carboxylic acids is 2. The monoisotopic (exact) mass is 470 g/mol. The molecule has 32 heavy (non-hydrogen) atoms. The van der Waals surface area contributed by atoms with Crippen LogP contribution in [0, 0.1) is 0 Å². The van der Waals surface area contributed by atoms with Gasteiger partial charge in [0.2, 0.25) is 5.91 Å². The summed E-state index contributed by atoms with van der Waals surface area (Å²) >= 11 is 12.2. The van der Waals surface area contributed by atoms with E-state index in [1.807, 2.05) is 24.3 Å². The van der Waals surface area contributed by atoms with Crippen molar-refractivity contribution in [2.24, 2.45) is 0 Å². The van der Waals surface area contributed by atoms with E-state index in [0.717, 1.165) is 0 Å². The predicted molar refractivity (Wildman–Crippen MR) is 125 cm³/mol. The molecule has 0 unspecified atom stereocenters. The Morgan fingerprint density at radius 3 is 2.28 bits per heavy atom. The lowest BCUT2D eigenvalue weighted by molar-refractivity contribution is -0.116. The van der Waals surface area contributed by atoms with Crippen LogP contribution in [0.15, 0.2) is 66.7 Å². The highest BCUT2D eigenvalue weighted by atomic mass is 35.5. The van der Waals surface area contributed by atoms with Gasteiger partial charge in [-0.3, -0.25) is 9.59 Å². The van der Waals surface area contributed by atoms with E-state index in [1.165, 1.54) is 0 Å². The van der Waals surface area contributed by atoms with Crippen LogP contribution >= 0.6 is 23.2 Å². The molecule has 1 atom stereocenters. The van der Waals surface area contributed by atoms with Crippen LogP contribution in [-0.2, 0) is 4.79 Å². The lowest BCUT2D eigenvalue weighted by Crippen LogP contribution is -2.30. The summed E-state index contributed by atoms with van der Waals surface area (Å²) < 4.78 is 11.5. The molecule has 3 aromatic rings. The summed E-state index contributed by atoms with van der Waals surface area (Å²) in [4.78, 5) is 24.8. The SMILES string of the molecule is O=C(CC[C@@H]1COc2ccccc2O1)Nc1ccc(C(=O)Nc2c(Cl)cccc2Cl)cc1. The average molecular weight is 471 g/mol. The van der Waals surface area contributed by atoms with E-state index in [4.69, 9.17) is 32.7 Å². The number of fused-ring (bicyclic) bond motifs is 1. The first kappa shape index (κ1) is 22.0. The standard InChI is InChI=1S/C24H20Cl2N2O4/c25-18-4-3-5-19(26)23(18)28-24(30)15-8-10-16(11-9-15)27-22(29)13-12-17-14-31-20-6-1-2-7-21(20)32-17/h1-11,17H,12-14H2,(H,27,29)(H,28,30)/t17-/m1/s1. The third-order valence-electron chi connectivity index (χ3n) is 4.89. The number of carbonyl (C=O) groups is 2. The molecule has 0 aromatic heterocycles. The Morgan fingerprint density at radius 1 is 0.875 bits per heavy atom. The molecule has 1 aliphatic heterocycles. The third kappa shape index (κ3) is 5.33. The van der Waals surface area contributed by atoms with Crippen LogP contribution in [0.1, 0.15) is 23.2 Å². The highest BCUT2D eigenvalue weighted by Gasteiger charge is 2.21. The Labute approximate surface area is 195 Å². The molecule has 4 rings (SSSR count). The molecule has 6 nitrogen and oxygen atoms in total. The molecular weight excluding hydrogens is 451 g/mol. The fourth-order valence-electron chi connectivity index (χ4n) is 3.23. The Bertz CT molecular complexity index is 1110. The quantitative estimate of drug-likeness (QED) is 0.476. The van der Waals surface area contributed by atoms with Gasteiger partial charge >= 0.3 is 0 Å². The molecule has 3 aromatic carbocycles. The summed E-state index contributed by atoms with van der Waals surface area (Å²) in [6.07, 6.45) is 0.626. The third-order valence-corrected chi connectivity index (χ3v) is 5.52. The lowest BCUT2D eigenvalue weighted by atomic mass is 10.1. The zero-order chi connectivity index (χ0) is 22.5. The number of para-hydroxylation sites is 3. The number of rotatable bonds is 6. The van der Waals surface area contributed by atoms with Crippen LogP contribution in [0.5, 0.6) is 11.5 Å². The maximum Gasteiger partial charge on any atom is 0.255 e. The normalized spacial score (nSPS) is 14.5. The number of benzene rings is 3. The van der Waals surface area contributed by atoms with Gasteiger partial charge in [-0.1, -0.05) is 41.4 Å². The second-order valence-electron chi connectivity index (χ2n) is 7.21. The molecule has 0 bridgehead atoms. The van der Waals surface area contributed by atoms with Crippen molar-refractivity contribution in [2.45, 2.75) is 18.9 Å². The van der Waals surface area contributed by atoms with Crippen molar-refractivity contribution < 1.29 is 19.1 Å². The Kier molecular flexibility index (Phi) is 6.83. The van der Waals surface area contributed by atoms with Crippen molar-refractivity contribution in [3.8, 4) is 11.5 Å². The van der Waals surface area contributed by atoms with Gasteiger partial charge in [0.15, 0.2) is 11.5 Å². The summed E-state index contributed by atoms with van der Waals surface area (Å²) in [6.45, 7) is 0.406. The first-order valence-electron chi connectivity index (χ1n) is 10.0. The van der Waals surface area contributed by atoms with E-state index in [1.54, 1.807) is 42.5 Å². The average Bonchev–Trinajstić information content (AvgIpc) is 2.80. The van der Waals surface area contributed by atoms with Gasteiger partial charge in [0.25, 0.3) is 5.91 Å². The van der Waals surface area contributed by atoms with E-state index in [9.17, 15) is 9.59 Å². The first-order chi connectivity index (χ1) is 15.5. The Balaban J connectivity index is 1.28. The summed E-state index contributed by atoms with van der Waals surface area (Å²) in [5, 5.41) is 6.23. The molecule has 0 saturated heterocycles. The number of amides is 2. The second kappa shape index (κ2) is 9.94. The molecule has 0 radical (unpaired) electrons. The molecule has 164 valence electrons. The topological polar surface area (TPSA) is 76.7 Å².